The SMILES string of the molecule is COCc1ccccc1CC(/C=C(\C)c1cc(F)cc(F)c1)=C(C)C. The highest BCUT2D eigenvalue weighted by Gasteiger charge is 2.08. The van der Waals surface area contributed by atoms with Crippen LogP contribution >= 0.6 is 0 Å². The minimum Gasteiger partial charge on any atom is -0.380 e. The highest BCUT2D eigenvalue weighted by Crippen LogP contribution is 2.23. The molecule has 0 spiro atoms. The van der Waals surface area contributed by atoms with E-state index in [2.05, 4.69) is 12.1 Å². The molecular formula is C22H24F2O. The zero-order valence-corrected chi connectivity index (χ0v) is 15.2. The number of benzene rings is 2. The van der Waals surface area contributed by atoms with Crippen LogP contribution in [0.4, 0.5) is 8.78 Å². The van der Waals surface area contributed by atoms with Crippen LogP contribution in [0.1, 0.15) is 37.5 Å². The molecule has 3 heteroatoms. The number of ether oxygens (including phenoxy) is 1. The Bertz CT molecular complexity index is 779. The first-order chi connectivity index (χ1) is 11.9. The van der Waals surface area contributed by atoms with E-state index in [0.29, 0.717) is 12.2 Å². The van der Waals surface area contributed by atoms with Gasteiger partial charge >= 0.3 is 0 Å². The van der Waals surface area contributed by atoms with Crippen molar-refractivity contribution in [2.75, 3.05) is 7.11 Å². The minimum atomic E-state index is -0.563. The second kappa shape index (κ2) is 8.72. The van der Waals surface area contributed by atoms with Gasteiger partial charge in [-0.2, -0.15) is 0 Å². The van der Waals surface area contributed by atoms with E-state index in [4.69, 9.17) is 4.74 Å². The van der Waals surface area contributed by atoms with Gasteiger partial charge in [-0.15, -0.1) is 0 Å². The quantitative estimate of drug-likeness (QED) is 0.577. The highest BCUT2D eigenvalue weighted by molar-refractivity contribution is 5.67. The van der Waals surface area contributed by atoms with Crippen LogP contribution in [0.15, 0.2) is 59.7 Å². The summed E-state index contributed by atoms with van der Waals surface area (Å²) in [6.07, 6.45) is 2.75. The molecule has 0 atom stereocenters. The standard InChI is InChI=1S/C22H24F2O/c1-15(2)19(10-17-7-5-6-8-18(17)14-25-4)9-16(3)20-11-21(23)13-22(24)12-20/h5-9,11-13H,10,14H2,1-4H3/b16-9+. The summed E-state index contributed by atoms with van der Waals surface area (Å²) in [5.74, 6) is -1.13. The molecule has 0 saturated heterocycles. The van der Waals surface area contributed by atoms with Crippen LogP contribution in [0.2, 0.25) is 0 Å². The fourth-order valence-electron chi connectivity index (χ4n) is 2.73. The monoisotopic (exact) mass is 342 g/mol. The molecule has 0 radical (unpaired) electrons. The molecule has 0 aliphatic rings. The van der Waals surface area contributed by atoms with Crippen molar-refractivity contribution in [2.24, 2.45) is 0 Å². The van der Waals surface area contributed by atoms with Crippen molar-refractivity contribution in [1.29, 1.82) is 0 Å². The first-order valence-corrected chi connectivity index (χ1v) is 8.27. The number of rotatable bonds is 6. The van der Waals surface area contributed by atoms with Crippen LogP contribution in [-0.4, -0.2) is 7.11 Å². The van der Waals surface area contributed by atoms with Gasteiger partial charge in [0.25, 0.3) is 0 Å². The molecule has 0 aliphatic heterocycles. The van der Waals surface area contributed by atoms with E-state index in [0.717, 1.165) is 29.2 Å². The number of methoxy groups -OCH3 is 1. The van der Waals surface area contributed by atoms with Crippen molar-refractivity contribution in [3.63, 3.8) is 0 Å². The van der Waals surface area contributed by atoms with E-state index in [-0.39, 0.29) is 0 Å². The maximum atomic E-state index is 13.5. The fourth-order valence-corrected chi connectivity index (χ4v) is 2.73. The Balaban J connectivity index is 2.35. The number of hydrogen-bond donors (Lipinski definition) is 0. The molecule has 0 saturated carbocycles. The van der Waals surface area contributed by atoms with E-state index in [1.54, 1.807) is 7.11 Å². The molecule has 2 rings (SSSR count). The molecular weight excluding hydrogens is 318 g/mol. The van der Waals surface area contributed by atoms with Gasteiger partial charge in [-0.05, 0) is 67.2 Å². The van der Waals surface area contributed by atoms with Crippen LogP contribution in [-0.2, 0) is 17.8 Å². The maximum absolute atomic E-state index is 13.5. The molecule has 0 unspecified atom stereocenters. The summed E-state index contributed by atoms with van der Waals surface area (Å²) in [4.78, 5) is 0. The number of hydrogen-bond acceptors (Lipinski definition) is 1. The van der Waals surface area contributed by atoms with Gasteiger partial charge in [-0.1, -0.05) is 35.9 Å². The molecule has 0 amide bonds. The highest BCUT2D eigenvalue weighted by atomic mass is 19.1. The summed E-state index contributed by atoms with van der Waals surface area (Å²) in [7, 11) is 1.68. The zero-order chi connectivity index (χ0) is 18.4. The van der Waals surface area contributed by atoms with Gasteiger partial charge in [0.05, 0.1) is 6.61 Å². The lowest BCUT2D eigenvalue weighted by Crippen LogP contribution is -1.99. The minimum absolute atomic E-state index is 0.557. The molecule has 0 aliphatic carbocycles. The summed E-state index contributed by atoms with van der Waals surface area (Å²) >= 11 is 0. The van der Waals surface area contributed by atoms with E-state index in [1.807, 2.05) is 39.0 Å². The van der Waals surface area contributed by atoms with Crippen molar-refractivity contribution in [3.8, 4) is 0 Å². The Morgan fingerprint density at radius 2 is 1.56 bits per heavy atom. The third-order valence-electron chi connectivity index (χ3n) is 4.15. The molecule has 25 heavy (non-hydrogen) atoms. The smallest absolute Gasteiger partial charge is 0.126 e. The first-order valence-electron chi connectivity index (χ1n) is 8.27. The molecule has 2 aromatic rings. The van der Waals surface area contributed by atoms with Gasteiger partial charge < -0.3 is 4.74 Å². The average Bonchev–Trinajstić information content (AvgIpc) is 2.55. The van der Waals surface area contributed by atoms with Crippen LogP contribution in [0.3, 0.4) is 0 Å². The van der Waals surface area contributed by atoms with Crippen molar-refractivity contribution in [3.05, 3.63) is 88.0 Å². The molecule has 0 fully saturated rings. The normalized spacial score (nSPS) is 11.5. The molecule has 132 valence electrons. The summed E-state index contributed by atoms with van der Waals surface area (Å²) in [6, 6.07) is 11.8. The Labute approximate surface area is 148 Å². The second-order valence-electron chi connectivity index (χ2n) is 6.39. The Hall–Kier alpha value is -2.26. The van der Waals surface area contributed by atoms with Crippen LogP contribution in [0, 0.1) is 11.6 Å². The Kier molecular flexibility index (Phi) is 6.65. The average molecular weight is 342 g/mol. The molecule has 1 nitrogen and oxygen atoms in total. The van der Waals surface area contributed by atoms with Crippen LogP contribution in [0.5, 0.6) is 0 Å². The summed E-state index contributed by atoms with van der Waals surface area (Å²) in [5, 5.41) is 0. The van der Waals surface area contributed by atoms with Crippen LogP contribution < -0.4 is 0 Å². The lowest BCUT2D eigenvalue weighted by atomic mass is 9.94. The first kappa shape index (κ1) is 19.1. The van der Waals surface area contributed by atoms with E-state index in [1.165, 1.54) is 23.3 Å². The fraction of sp³-hybridized carbons (Fsp3) is 0.273. The maximum Gasteiger partial charge on any atom is 0.126 e. The van der Waals surface area contributed by atoms with Gasteiger partial charge in [-0.25, -0.2) is 8.78 Å². The van der Waals surface area contributed by atoms with E-state index in [9.17, 15) is 8.78 Å². The van der Waals surface area contributed by atoms with Gasteiger partial charge in [0, 0.05) is 13.2 Å². The topological polar surface area (TPSA) is 9.23 Å². The Morgan fingerprint density at radius 3 is 2.12 bits per heavy atom. The predicted molar refractivity (Wildman–Crippen MR) is 99.2 cm³/mol. The van der Waals surface area contributed by atoms with Gasteiger partial charge in [0.15, 0.2) is 0 Å². The van der Waals surface area contributed by atoms with E-state index >= 15 is 0 Å². The summed E-state index contributed by atoms with van der Waals surface area (Å²) in [6.45, 7) is 6.52. The summed E-state index contributed by atoms with van der Waals surface area (Å²) < 4.78 is 32.2. The second-order valence-corrected chi connectivity index (χ2v) is 6.39. The third-order valence-corrected chi connectivity index (χ3v) is 4.15. The molecule has 0 N–H and O–H groups in total. The number of allylic oxidation sites excluding steroid dienone is 4. The van der Waals surface area contributed by atoms with Crippen molar-refractivity contribution in [2.45, 2.75) is 33.8 Å². The van der Waals surface area contributed by atoms with Crippen LogP contribution in [0.25, 0.3) is 5.57 Å². The molecule has 0 bridgehead atoms. The lowest BCUT2D eigenvalue weighted by molar-refractivity contribution is 0.184. The summed E-state index contributed by atoms with van der Waals surface area (Å²) in [5.41, 5.74) is 6.02. The number of halogens is 2. The lowest BCUT2D eigenvalue weighted by Gasteiger charge is -2.12. The Morgan fingerprint density at radius 1 is 0.960 bits per heavy atom. The van der Waals surface area contributed by atoms with Gasteiger partial charge in [0.1, 0.15) is 11.6 Å². The largest absolute Gasteiger partial charge is 0.380 e. The zero-order valence-electron chi connectivity index (χ0n) is 15.2. The van der Waals surface area contributed by atoms with Gasteiger partial charge in [0.2, 0.25) is 0 Å². The molecule has 2 aromatic carbocycles. The van der Waals surface area contributed by atoms with Crippen molar-refractivity contribution < 1.29 is 13.5 Å². The van der Waals surface area contributed by atoms with Gasteiger partial charge in [-0.3, -0.25) is 0 Å². The molecule has 0 aromatic heterocycles. The third kappa shape index (κ3) is 5.36. The van der Waals surface area contributed by atoms with Crippen molar-refractivity contribution >= 4 is 5.57 Å². The van der Waals surface area contributed by atoms with Crippen molar-refractivity contribution in [1.82, 2.24) is 0 Å². The van der Waals surface area contributed by atoms with E-state index < -0.39 is 11.6 Å². The predicted octanol–water partition coefficient (Wildman–Crippen LogP) is 6.09. The molecule has 0 heterocycles.